The van der Waals surface area contributed by atoms with Gasteiger partial charge in [-0.3, -0.25) is 0 Å². The Hall–Kier alpha value is -1.53. The first kappa shape index (κ1) is 12.9. The van der Waals surface area contributed by atoms with Crippen LogP contribution in [-0.2, 0) is 4.74 Å². The first-order valence-electron chi connectivity index (χ1n) is 6.54. The lowest BCUT2D eigenvalue weighted by atomic mass is 9.92. The van der Waals surface area contributed by atoms with Crippen LogP contribution in [0.15, 0.2) is 18.2 Å². The molecule has 2 unspecified atom stereocenters. The Bertz CT molecular complexity index is 450. The van der Waals surface area contributed by atoms with Crippen molar-refractivity contribution in [2.75, 3.05) is 12.4 Å². The molecular weight excluding hydrogens is 224 g/mol. The van der Waals surface area contributed by atoms with Gasteiger partial charge in [0.1, 0.15) is 0 Å². The highest BCUT2D eigenvalue weighted by Gasteiger charge is 2.24. The number of nitrogens with zero attached hydrogens (tertiary/aromatic N) is 1. The SMILES string of the molecule is COC1CCCCC1Nc1cc(C#N)ccc1C. The highest BCUT2D eigenvalue weighted by atomic mass is 16.5. The minimum Gasteiger partial charge on any atom is -0.379 e. The van der Waals surface area contributed by atoms with Crippen molar-refractivity contribution in [2.45, 2.75) is 44.8 Å². The number of aryl methyl sites for hydroxylation is 1. The zero-order chi connectivity index (χ0) is 13.0. The highest BCUT2D eigenvalue weighted by molar-refractivity contribution is 5.55. The van der Waals surface area contributed by atoms with Crippen molar-refractivity contribution in [2.24, 2.45) is 0 Å². The summed E-state index contributed by atoms with van der Waals surface area (Å²) >= 11 is 0. The van der Waals surface area contributed by atoms with E-state index in [-0.39, 0.29) is 6.10 Å². The second kappa shape index (κ2) is 5.88. The highest BCUT2D eigenvalue weighted by Crippen LogP contribution is 2.26. The Morgan fingerprint density at radius 3 is 2.83 bits per heavy atom. The fourth-order valence-electron chi connectivity index (χ4n) is 2.59. The van der Waals surface area contributed by atoms with Gasteiger partial charge in [0.2, 0.25) is 0 Å². The van der Waals surface area contributed by atoms with Crippen LogP contribution in [0.2, 0.25) is 0 Å². The molecule has 0 bridgehead atoms. The summed E-state index contributed by atoms with van der Waals surface area (Å²) in [5, 5.41) is 12.5. The van der Waals surface area contributed by atoms with E-state index in [0.717, 1.165) is 18.5 Å². The van der Waals surface area contributed by atoms with E-state index in [4.69, 9.17) is 10.00 Å². The lowest BCUT2D eigenvalue weighted by Gasteiger charge is -2.32. The monoisotopic (exact) mass is 244 g/mol. The van der Waals surface area contributed by atoms with E-state index in [0.29, 0.717) is 11.6 Å². The number of benzene rings is 1. The molecule has 0 aliphatic heterocycles. The number of hydrogen-bond donors (Lipinski definition) is 1. The molecule has 1 aliphatic carbocycles. The molecule has 0 radical (unpaired) electrons. The quantitative estimate of drug-likeness (QED) is 0.887. The van der Waals surface area contributed by atoms with Crippen LogP contribution in [0.25, 0.3) is 0 Å². The molecule has 18 heavy (non-hydrogen) atoms. The summed E-state index contributed by atoms with van der Waals surface area (Å²) in [5.74, 6) is 0. The molecule has 1 aromatic rings. The number of ether oxygens (including phenoxy) is 1. The number of methoxy groups -OCH3 is 1. The van der Waals surface area contributed by atoms with Crippen LogP contribution in [0.4, 0.5) is 5.69 Å². The van der Waals surface area contributed by atoms with Crippen LogP contribution in [-0.4, -0.2) is 19.3 Å². The van der Waals surface area contributed by atoms with Gasteiger partial charge in [0.25, 0.3) is 0 Å². The molecule has 0 saturated heterocycles. The molecule has 2 rings (SSSR count). The Labute approximate surface area is 109 Å². The molecular formula is C15H20N2O. The van der Waals surface area contributed by atoms with Gasteiger partial charge in [0, 0.05) is 12.8 Å². The zero-order valence-corrected chi connectivity index (χ0v) is 11.1. The standard InChI is InChI=1S/C15H20N2O/c1-11-7-8-12(10-16)9-14(11)17-13-5-3-4-6-15(13)18-2/h7-9,13,15,17H,3-6H2,1-2H3. The first-order valence-corrected chi connectivity index (χ1v) is 6.54. The van der Waals surface area contributed by atoms with Crippen LogP contribution in [0.5, 0.6) is 0 Å². The van der Waals surface area contributed by atoms with Gasteiger partial charge in [-0.1, -0.05) is 18.9 Å². The number of nitriles is 1. The predicted molar refractivity (Wildman–Crippen MR) is 72.6 cm³/mol. The van der Waals surface area contributed by atoms with Crippen LogP contribution < -0.4 is 5.32 Å². The fourth-order valence-corrected chi connectivity index (χ4v) is 2.59. The summed E-state index contributed by atoms with van der Waals surface area (Å²) in [5.41, 5.74) is 2.94. The Morgan fingerprint density at radius 2 is 2.11 bits per heavy atom. The third-order valence-corrected chi connectivity index (χ3v) is 3.71. The number of nitrogens with one attached hydrogen (secondary N) is 1. The van der Waals surface area contributed by atoms with Crippen molar-refractivity contribution in [1.82, 2.24) is 0 Å². The second-order valence-electron chi connectivity index (χ2n) is 4.95. The van der Waals surface area contributed by atoms with Crippen LogP contribution in [0.1, 0.15) is 36.8 Å². The largest absolute Gasteiger partial charge is 0.379 e. The van der Waals surface area contributed by atoms with Gasteiger partial charge in [-0.15, -0.1) is 0 Å². The molecule has 1 N–H and O–H groups in total. The third-order valence-electron chi connectivity index (χ3n) is 3.71. The number of hydrogen-bond acceptors (Lipinski definition) is 3. The summed E-state index contributed by atoms with van der Waals surface area (Å²) in [6.07, 6.45) is 5.02. The molecule has 1 aliphatic rings. The van der Waals surface area contributed by atoms with Crippen molar-refractivity contribution in [1.29, 1.82) is 5.26 Å². The maximum Gasteiger partial charge on any atom is 0.0992 e. The summed E-state index contributed by atoms with van der Waals surface area (Å²) in [6.45, 7) is 2.06. The molecule has 0 heterocycles. The van der Waals surface area contributed by atoms with Crippen molar-refractivity contribution in [3.8, 4) is 6.07 Å². The Morgan fingerprint density at radius 1 is 1.33 bits per heavy atom. The molecule has 0 spiro atoms. The summed E-state index contributed by atoms with van der Waals surface area (Å²) in [6, 6.07) is 8.32. The molecule has 1 aromatic carbocycles. The number of anilines is 1. The molecule has 96 valence electrons. The zero-order valence-electron chi connectivity index (χ0n) is 11.1. The molecule has 1 fully saturated rings. The Balaban J connectivity index is 2.14. The molecule has 0 amide bonds. The molecule has 3 heteroatoms. The van der Waals surface area contributed by atoms with Gasteiger partial charge in [-0.25, -0.2) is 0 Å². The maximum absolute atomic E-state index is 8.95. The molecule has 0 aromatic heterocycles. The van der Waals surface area contributed by atoms with Crippen LogP contribution in [0.3, 0.4) is 0 Å². The topological polar surface area (TPSA) is 45.0 Å². The normalized spacial score (nSPS) is 23.4. The fraction of sp³-hybridized carbons (Fsp3) is 0.533. The van der Waals surface area contributed by atoms with Gasteiger partial charge in [0.15, 0.2) is 0 Å². The van der Waals surface area contributed by atoms with Crippen molar-refractivity contribution < 1.29 is 4.74 Å². The summed E-state index contributed by atoms with van der Waals surface area (Å²) in [4.78, 5) is 0. The molecule has 3 nitrogen and oxygen atoms in total. The second-order valence-corrected chi connectivity index (χ2v) is 4.95. The van der Waals surface area contributed by atoms with Crippen LogP contribution in [0, 0.1) is 18.3 Å². The lowest BCUT2D eigenvalue weighted by molar-refractivity contribution is 0.0606. The van der Waals surface area contributed by atoms with E-state index >= 15 is 0 Å². The van der Waals surface area contributed by atoms with E-state index in [1.807, 2.05) is 18.2 Å². The maximum atomic E-state index is 8.95. The van der Waals surface area contributed by atoms with E-state index in [9.17, 15) is 0 Å². The van der Waals surface area contributed by atoms with Gasteiger partial charge < -0.3 is 10.1 Å². The minimum absolute atomic E-state index is 0.281. The predicted octanol–water partition coefficient (Wildman–Crippen LogP) is 3.24. The van der Waals surface area contributed by atoms with Crippen molar-refractivity contribution >= 4 is 5.69 Å². The summed E-state index contributed by atoms with van der Waals surface area (Å²) < 4.78 is 5.54. The lowest BCUT2D eigenvalue weighted by Crippen LogP contribution is -2.37. The van der Waals surface area contributed by atoms with Gasteiger partial charge in [0.05, 0.1) is 23.8 Å². The third kappa shape index (κ3) is 2.83. The van der Waals surface area contributed by atoms with E-state index in [2.05, 4.69) is 18.3 Å². The Kier molecular flexibility index (Phi) is 4.22. The average Bonchev–Trinajstić information content (AvgIpc) is 2.42. The van der Waals surface area contributed by atoms with Gasteiger partial charge in [-0.2, -0.15) is 5.26 Å². The number of rotatable bonds is 3. The van der Waals surface area contributed by atoms with E-state index < -0.39 is 0 Å². The minimum atomic E-state index is 0.281. The molecule has 1 saturated carbocycles. The average molecular weight is 244 g/mol. The summed E-state index contributed by atoms with van der Waals surface area (Å²) in [7, 11) is 1.78. The molecule has 2 atom stereocenters. The van der Waals surface area contributed by atoms with Crippen molar-refractivity contribution in [3.05, 3.63) is 29.3 Å². The van der Waals surface area contributed by atoms with Crippen LogP contribution >= 0.6 is 0 Å². The van der Waals surface area contributed by atoms with Gasteiger partial charge >= 0.3 is 0 Å². The van der Waals surface area contributed by atoms with Crippen molar-refractivity contribution in [3.63, 3.8) is 0 Å². The smallest absolute Gasteiger partial charge is 0.0992 e. The van der Waals surface area contributed by atoms with E-state index in [1.54, 1.807) is 7.11 Å². The first-order chi connectivity index (χ1) is 8.74. The van der Waals surface area contributed by atoms with Gasteiger partial charge in [-0.05, 0) is 37.5 Å². The van der Waals surface area contributed by atoms with E-state index in [1.165, 1.54) is 18.4 Å².